The molecule has 0 aliphatic heterocycles. The van der Waals surface area contributed by atoms with E-state index < -0.39 is 11.9 Å². The van der Waals surface area contributed by atoms with Crippen molar-refractivity contribution in [3.63, 3.8) is 0 Å². The standard InChI is InChI=1S/C15H23NO2/c1-6-15(4,5)12(14(17)18)11-8-9(2)7-10(3)13(11)16/h7-8,12H,6,16H2,1-5H3,(H,17,18). The summed E-state index contributed by atoms with van der Waals surface area (Å²) in [5.41, 5.74) is 9.11. The summed E-state index contributed by atoms with van der Waals surface area (Å²) in [6.45, 7) is 9.85. The molecule has 3 N–H and O–H groups in total. The SMILES string of the molecule is CCC(C)(C)C(C(=O)O)c1cc(C)cc(C)c1N. The Bertz CT molecular complexity index is 464. The fourth-order valence-corrected chi connectivity index (χ4v) is 2.34. The van der Waals surface area contributed by atoms with Crippen LogP contribution >= 0.6 is 0 Å². The number of nitrogen functional groups attached to an aromatic ring is 1. The third-order valence-corrected chi connectivity index (χ3v) is 3.81. The molecule has 3 heteroatoms. The molecule has 1 unspecified atom stereocenters. The largest absolute Gasteiger partial charge is 0.481 e. The molecule has 0 saturated heterocycles. The van der Waals surface area contributed by atoms with Crippen molar-refractivity contribution in [3.05, 3.63) is 28.8 Å². The number of anilines is 1. The molecule has 100 valence electrons. The Kier molecular flexibility index (Phi) is 4.05. The van der Waals surface area contributed by atoms with Gasteiger partial charge in [0.05, 0.1) is 5.92 Å². The summed E-state index contributed by atoms with van der Waals surface area (Å²) >= 11 is 0. The maximum Gasteiger partial charge on any atom is 0.311 e. The number of hydrogen-bond acceptors (Lipinski definition) is 2. The Morgan fingerprint density at radius 2 is 1.94 bits per heavy atom. The molecule has 0 bridgehead atoms. The van der Waals surface area contributed by atoms with E-state index in [1.165, 1.54) is 0 Å². The minimum absolute atomic E-state index is 0.319. The molecular formula is C15H23NO2. The topological polar surface area (TPSA) is 63.3 Å². The van der Waals surface area contributed by atoms with Gasteiger partial charge >= 0.3 is 5.97 Å². The molecule has 0 aliphatic carbocycles. The first kappa shape index (κ1) is 14.6. The van der Waals surface area contributed by atoms with Crippen LogP contribution < -0.4 is 5.73 Å². The van der Waals surface area contributed by atoms with Crippen molar-refractivity contribution in [1.82, 2.24) is 0 Å². The summed E-state index contributed by atoms with van der Waals surface area (Å²) in [7, 11) is 0. The Morgan fingerprint density at radius 3 is 2.39 bits per heavy atom. The maximum atomic E-state index is 11.6. The third-order valence-electron chi connectivity index (χ3n) is 3.81. The Morgan fingerprint density at radius 1 is 1.39 bits per heavy atom. The van der Waals surface area contributed by atoms with Crippen molar-refractivity contribution in [1.29, 1.82) is 0 Å². The molecule has 0 aliphatic rings. The molecule has 1 rings (SSSR count). The lowest BCUT2D eigenvalue weighted by atomic mass is 9.72. The molecule has 1 aromatic carbocycles. The summed E-state index contributed by atoms with van der Waals surface area (Å²) in [4.78, 5) is 11.6. The van der Waals surface area contributed by atoms with Crippen molar-refractivity contribution in [2.45, 2.75) is 47.0 Å². The summed E-state index contributed by atoms with van der Waals surface area (Å²) in [5, 5.41) is 9.54. The van der Waals surface area contributed by atoms with Gasteiger partial charge in [-0.15, -0.1) is 0 Å². The first-order valence-corrected chi connectivity index (χ1v) is 6.30. The van der Waals surface area contributed by atoms with E-state index in [0.29, 0.717) is 5.69 Å². The van der Waals surface area contributed by atoms with Gasteiger partial charge in [0.25, 0.3) is 0 Å². The van der Waals surface area contributed by atoms with Gasteiger partial charge in [-0.05, 0) is 36.8 Å². The fraction of sp³-hybridized carbons (Fsp3) is 0.533. The quantitative estimate of drug-likeness (QED) is 0.803. The van der Waals surface area contributed by atoms with Gasteiger partial charge in [-0.2, -0.15) is 0 Å². The zero-order valence-electron chi connectivity index (χ0n) is 11.9. The van der Waals surface area contributed by atoms with Crippen LogP contribution in [0.25, 0.3) is 0 Å². The van der Waals surface area contributed by atoms with E-state index in [1.54, 1.807) is 0 Å². The second-order valence-corrected chi connectivity index (χ2v) is 5.70. The minimum atomic E-state index is -0.807. The molecule has 0 aromatic heterocycles. The smallest absolute Gasteiger partial charge is 0.311 e. The number of benzene rings is 1. The van der Waals surface area contributed by atoms with Gasteiger partial charge in [-0.25, -0.2) is 0 Å². The van der Waals surface area contributed by atoms with Crippen molar-refractivity contribution in [2.75, 3.05) is 5.73 Å². The van der Waals surface area contributed by atoms with Crippen LogP contribution in [0.4, 0.5) is 5.69 Å². The van der Waals surface area contributed by atoms with E-state index in [0.717, 1.165) is 23.1 Å². The van der Waals surface area contributed by atoms with E-state index in [-0.39, 0.29) is 5.41 Å². The molecule has 18 heavy (non-hydrogen) atoms. The van der Waals surface area contributed by atoms with Gasteiger partial charge in [-0.1, -0.05) is 38.5 Å². The van der Waals surface area contributed by atoms with E-state index in [4.69, 9.17) is 5.73 Å². The van der Waals surface area contributed by atoms with Crippen LogP contribution in [0.3, 0.4) is 0 Å². The number of carbonyl (C=O) groups is 1. The van der Waals surface area contributed by atoms with E-state index in [9.17, 15) is 9.90 Å². The van der Waals surface area contributed by atoms with Gasteiger partial charge in [0.15, 0.2) is 0 Å². The number of aliphatic carboxylic acids is 1. The van der Waals surface area contributed by atoms with Crippen molar-refractivity contribution >= 4 is 11.7 Å². The molecule has 1 atom stereocenters. The van der Waals surface area contributed by atoms with Crippen LogP contribution in [-0.4, -0.2) is 11.1 Å². The van der Waals surface area contributed by atoms with Gasteiger partial charge in [0.2, 0.25) is 0 Å². The number of rotatable bonds is 4. The van der Waals surface area contributed by atoms with Crippen molar-refractivity contribution < 1.29 is 9.90 Å². The second-order valence-electron chi connectivity index (χ2n) is 5.70. The van der Waals surface area contributed by atoms with Gasteiger partial charge in [0.1, 0.15) is 0 Å². The summed E-state index contributed by atoms with van der Waals surface area (Å²) in [6, 6.07) is 3.88. The highest BCUT2D eigenvalue weighted by Gasteiger charge is 2.36. The molecule has 0 saturated carbocycles. The number of nitrogens with two attached hydrogens (primary N) is 1. The lowest BCUT2D eigenvalue weighted by molar-refractivity contribution is -0.141. The first-order valence-electron chi connectivity index (χ1n) is 6.30. The molecule has 0 fully saturated rings. The maximum absolute atomic E-state index is 11.6. The molecule has 0 radical (unpaired) electrons. The van der Waals surface area contributed by atoms with Gasteiger partial charge in [-0.3, -0.25) is 4.79 Å². The van der Waals surface area contributed by atoms with Crippen LogP contribution in [0.1, 0.15) is 49.8 Å². The van der Waals surface area contributed by atoms with Crippen LogP contribution in [0.2, 0.25) is 0 Å². The van der Waals surface area contributed by atoms with E-state index in [2.05, 4.69) is 0 Å². The molecule has 3 nitrogen and oxygen atoms in total. The average Bonchev–Trinajstić information content (AvgIpc) is 2.24. The number of carboxylic acid groups (broad SMARTS) is 1. The Labute approximate surface area is 109 Å². The first-order chi connectivity index (χ1) is 8.20. The van der Waals surface area contributed by atoms with Crippen LogP contribution in [0.15, 0.2) is 12.1 Å². The van der Waals surface area contributed by atoms with Gasteiger partial charge < -0.3 is 10.8 Å². The lowest BCUT2D eigenvalue weighted by Crippen LogP contribution is -2.29. The highest BCUT2D eigenvalue weighted by Crippen LogP contribution is 2.41. The molecule has 0 heterocycles. The van der Waals surface area contributed by atoms with Crippen LogP contribution in [0, 0.1) is 19.3 Å². The number of aryl methyl sites for hydroxylation is 2. The second kappa shape index (κ2) is 5.01. The normalized spacial score (nSPS) is 13.4. The molecule has 0 amide bonds. The fourth-order valence-electron chi connectivity index (χ4n) is 2.34. The predicted molar refractivity (Wildman–Crippen MR) is 74.8 cm³/mol. The number of carboxylic acids is 1. The monoisotopic (exact) mass is 249 g/mol. The molecule has 1 aromatic rings. The Hall–Kier alpha value is -1.51. The highest BCUT2D eigenvalue weighted by molar-refractivity contribution is 5.80. The van der Waals surface area contributed by atoms with Crippen molar-refractivity contribution in [2.24, 2.45) is 5.41 Å². The Balaban J connectivity index is 3.45. The molecule has 0 spiro atoms. The lowest BCUT2D eigenvalue weighted by Gasteiger charge is -2.32. The zero-order valence-corrected chi connectivity index (χ0v) is 11.9. The predicted octanol–water partition coefficient (Wildman–Crippen LogP) is 3.49. The van der Waals surface area contributed by atoms with E-state index >= 15 is 0 Å². The van der Waals surface area contributed by atoms with E-state index in [1.807, 2.05) is 46.8 Å². The minimum Gasteiger partial charge on any atom is -0.481 e. The van der Waals surface area contributed by atoms with Crippen LogP contribution in [0.5, 0.6) is 0 Å². The summed E-state index contributed by atoms with van der Waals surface area (Å²) < 4.78 is 0. The summed E-state index contributed by atoms with van der Waals surface area (Å²) in [6.07, 6.45) is 0.788. The highest BCUT2D eigenvalue weighted by atomic mass is 16.4. The van der Waals surface area contributed by atoms with Gasteiger partial charge in [0, 0.05) is 5.69 Å². The summed E-state index contributed by atoms with van der Waals surface area (Å²) in [5.74, 6) is -1.38. The average molecular weight is 249 g/mol. The molecular weight excluding hydrogens is 226 g/mol. The number of hydrogen-bond donors (Lipinski definition) is 2. The van der Waals surface area contributed by atoms with Crippen LogP contribution in [-0.2, 0) is 4.79 Å². The van der Waals surface area contributed by atoms with Crippen molar-refractivity contribution in [3.8, 4) is 0 Å². The zero-order chi connectivity index (χ0) is 14.1. The third kappa shape index (κ3) is 2.66.